The van der Waals surface area contributed by atoms with Gasteiger partial charge in [0.1, 0.15) is 32.8 Å². The molecule has 36 heavy (non-hydrogen) atoms. The molecule has 0 aromatic heterocycles. The summed E-state index contributed by atoms with van der Waals surface area (Å²) in [4.78, 5) is 21.2. The predicted octanol–water partition coefficient (Wildman–Crippen LogP) is 3.62. The molecule has 0 bridgehead atoms. The molecule has 2 aromatic carbocycles. The second-order valence-electron chi connectivity index (χ2n) is 9.74. The molecule has 2 aliphatic heterocycles. The molecule has 4 rings (SSSR count). The zero-order chi connectivity index (χ0) is 25.9. The number of aliphatic imine (C=N–C) groups is 1. The van der Waals surface area contributed by atoms with Gasteiger partial charge >= 0.3 is 6.03 Å². The fourth-order valence-electron chi connectivity index (χ4n) is 4.86. The zero-order valence-electron chi connectivity index (χ0n) is 20.9. The van der Waals surface area contributed by atoms with Crippen molar-refractivity contribution < 1.29 is 22.3 Å². The van der Waals surface area contributed by atoms with Gasteiger partial charge in [0, 0.05) is 38.1 Å². The van der Waals surface area contributed by atoms with E-state index in [0.29, 0.717) is 37.5 Å². The third kappa shape index (κ3) is 6.04. The average molecular weight is 517 g/mol. The monoisotopic (exact) mass is 516 g/mol. The summed E-state index contributed by atoms with van der Waals surface area (Å²) in [5, 5.41) is 3.11. The number of amidine groups is 1. The number of ether oxygens (including phenoxy) is 1. The summed E-state index contributed by atoms with van der Waals surface area (Å²) < 4.78 is 43.2. The van der Waals surface area contributed by atoms with Crippen molar-refractivity contribution in [3.8, 4) is 5.75 Å². The summed E-state index contributed by atoms with van der Waals surface area (Å²) in [6.45, 7) is 6.23. The van der Waals surface area contributed by atoms with E-state index in [0.717, 1.165) is 17.9 Å². The Bertz CT molecular complexity index is 1240. The largest absolute Gasteiger partial charge is 0.491 e. The lowest BCUT2D eigenvalue weighted by Gasteiger charge is -2.45. The van der Waals surface area contributed by atoms with Crippen molar-refractivity contribution in [1.29, 1.82) is 0 Å². The predicted molar refractivity (Wildman–Crippen MR) is 139 cm³/mol. The van der Waals surface area contributed by atoms with Gasteiger partial charge in [0.2, 0.25) is 0 Å². The van der Waals surface area contributed by atoms with Gasteiger partial charge < -0.3 is 10.1 Å². The van der Waals surface area contributed by atoms with E-state index in [1.807, 2.05) is 32.0 Å². The van der Waals surface area contributed by atoms with Crippen molar-refractivity contribution in [1.82, 2.24) is 10.2 Å². The molecule has 0 aliphatic carbocycles. The van der Waals surface area contributed by atoms with Crippen molar-refractivity contribution in [2.45, 2.75) is 44.9 Å². The number of amides is 2. The maximum absolute atomic E-state index is 14.1. The molecule has 2 aromatic rings. The van der Waals surface area contributed by atoms with Crippen molar-refractivity contribution in [3.63, 3.8) is 0 Å². The number of hydrogen-bond donors (Lipinski definition) is 1. The molecule has 10 heteroatoms. The molecule has 2 amide bonds. The molecule has 0 unspecified atom stereocenters. The molecule has 0 saturated carbocycles. The first-order valence-electron chi connectivity index (χ1n) is 12.1. The lowest BCUT2D eigenvalue weighted by atomic mass is 9.84. The molecule has 1 fully saturated rings. The van der Waals surface area contributed by atoms with Gasteiger partial charge in [-0.3, -0.25) is 9.80 Å². The molecule has 2 aliphatic rings. The fourth-order valence-corrected chi connectivity index (χ4v) is 5.33. The van der Waals surface area contributed by atoms with E-state index in [4.69, 9.17) is 4.74 Å². The minimum atomic E-state index is -3.18. The van der Waals surface area contributed by atoms with E-state index < -0.39 is 27.2 Å². The summed E-state index contributed by atoms with van der Waals surface area (Å²) in [7, 11) is -3.18. The Morgan fingerprint density at radius 1 is 1.14 bits per heavy atom. The Hall–Kier alpha value is -2.98. The number of sulfone groups is 1. The first kappa shape index (κ1) is 26.1. The van der Waals surface area contributed by atoms with E-state index in [1.54, 1.807) is 17.0 Å². The summed E-state index contributed by atoms with van der Waals surface area (Å²) >= 11 is 0. The molecule has 0 radical (unpaired) electrons. The van der Waals surface area contributed by atoms with Crippen LogP contribution < -0.4 is 15.0 Å². The lowest BCUT2D eigenvalue weighted by molar-refractivity contribution is 0.182. The van der Waals surface area contributed by atoms with Crippen LogP contribution in [0.4, 0.5) is 14.9 Å². The zero-order valence-corrected chi connectivity index (χ0v) is 21.7. The van der Waals surface area contributed by atoms with Crippen LogP contribution in [0.5, 0.6) is 5.75 Å². The van der Waals surface area contributed by atoms with Crippen molar-refractivity contribution >= 4 is 27.4 Å². The van der Waals surface area contributed by atoms with Gasteiger partial charge in [-0.05, 0) is 62.6 Å². The average Bonchev–Trinajstić information content (AvgIpc) is 3.05. The van der Waals surface area contributed by atoms with E-state index in [9.17, 15) is 17.6 Å². The van der Waals surface area contributed by atoms with Gasteiger partial charge in [-0.15, -0.1) is 0 Å². The number of carbonyl (C=O) groups excluding carboxylic acids is 1. The quantitative estimate of drug-likeness (QED) is 0.576. The second kappa shape index (κ2) is 10.6. The summed E-state index contributed by atoms with van der Waals surface area (Å²) in [6, 6.07) is 13.5. The van der Waals surface area contributed by atoms with Crippen molar-refractivity contribution in [3.05, 3.63) is 59.9 Å². The highest BCUT2D eigenvalue weighted by atomic mass is 32.2. The SMILES string of the molecule is CC(C)Oc1cccc(CN2CCC3(CC2)C(NCCS(C)(=O)=O)=NC(=O)N3c2cccc(F)c2)c1. The van der Waals surface area contributed by atoms with Crippen molar-refractivity contribution in [2.24, 2.45) is 4.99 Å². The van der Waals surface area contributed by atoms with Gasteiger partial charge in [0.25, 0.3) is 0 Å². The Morgan fingerprint density at radius 2 is 1.86 bits per heavy atom. The van der Waals surface area contributed by atoms with Crippen LogP contribution in [0.15, 0.2) is 53.5 Å². The third-order valence-electron chi connectivity index (χ3n) is 6.46. The van der Waals surface area contributed by atoms with Crippen LogP contribution in [0.2, 0.25) is 0 Å². The van der Waals surface area contributed by atoms with Crippen LogP contribution in [0, 0.1) is 5.82 Å². The number of halogens is 1. The van der Waals surface area contributed by atoms with Gasteiger partial charge in [0.15, 0.2) is 0 Å². The molecular formula is C26H33FN4O4S. The highest BCUT2D eigenvalue weighted by Crippen LogP contribution is 2.39. The summed E-state index contributed by atoms with van der Waals surface area (Å²) in [5.74, 6) is 0.776. The van der Waals surface area contributed by atoms with Gasteiger partial charge in [0.05, 0.1) is 11.9 Å². The summed E-state index contributed by atoms with van der Waals surface area (Å²) in [5.41, 5.74) is 0.783. The molecule has 194 valence electrons. The minimum absolute atomic E-state index is 0.0723. The maximum atomic E-state index is 14.1. The van der Waals surface area contributed by atoms with Crippen LogP contribution in [0.1, 0.15) is 32.3 Å². The number of carbonyl (C=O) groups is 1. The van der Waals surface area contributed by atoms with Gasteiger partial charge in [-0.25, -0.2) is 17.6 Å². The highest BCUT2D eigenvalue weighted by molar-refractivity contribution is 7.90. The van der Waals surface area contributed by atoms with Crippen LogP contribution in [-0.2, 0) is 16.4 Å². The van der Waals surface area contributed by atoms with Crippen molar-refractivity contribution in [2.75, 3.05) is 36.5 Å². The fraction of sp³-hybridized carbons (Fsp3) is 0.462. The number of rotatable bonds is 8. The van der Waals surface area contributed by atoms with Gasteiger partial charge in [-0.2, -0.15) is 4.99 Å². The first-order valence-corrected chi connectivity index (χ1v) is 14.2. The Kier molecular flexibility index (Phi) is 7.65. The molecule has 1 spiro atoms. The summed E-state index contributed by atoms with van der Waals surface area (Å²) in [6.07, 6.45) is 2.41. The number of anilines is 1. The van der Waals surface area contributed by atoms with E-state index in [1.165, 1.54) is 18.4 Å². The van der Waals surface area contributed by atoms with E-state index >= 15 is 0 Å². The van der Waals surface area contributed by atoms with Crippen LogP contribution >= 0.6 is 0 Å². The number of likely N-dealkylation sites (tertiary alicyclic amines) is 1. The molecule has 1 saturated heterocycles. The van der Waals surface area contributed by atoms with Gasteiger partial charge in [-0.1, -0.05) is 18.2 Å². The number of benzene rings is 2. The maximum Gasteiger partial charge on any atom is 0.350 e. The molecule has 0 atom stereocenters. The van der Waals surface area contributed by atoms with Crippen LogP contribution in [-0.4, -0.2) is 68.5 Å². The molecule has 1 N–H and O–H groups in total. The van der Waals surface area contributed by atoms with Crippen LogP contribution in [0.25, 0.3) is 0 Å². The highest BCUT2D eigenvalue weighted by Gasteiger charge is 2.51. The Balaban J connectivity index is 1.53. The Labute approximate surface area is 212 Å². The third-order valence-corrected chi connectivity index (χ3v) is 7.40. The normalized spacial score (nSPS) is 18.1. The first-order chi connectivity index (χ1) is 17.1. The molecular weight excluding hydrogens is 483 g/mol. The number of piperidine rings is 1. The number of nitrogens with one attached hydrogen (secondary N) is 1. The van der Waals surface area contributed by atoms with E-state index in [-0.39, 0.29) is 18.4 Å². The lowest BCUT2D eigenvalue weighted by Crippen LogP contribution is -2.61. The Morgan fingerprint density at radius 3 is 2.53 bits per heavy atom. The number of urea groups is 1. The van der Waals surface area contributed by atoms with E-state index in [2.05, 4.69) is 21.3 Å². The van der Waals surface area contributed by atoms with Crippen LogP contribution in [0.3, 0.4) is 0 Å². The topological polar surface area (TPSA) is 91.3 Å². The second-order valence-corrected chi connectivity index (χ2v) is 12.0. The smallest absolute Gasteiger partial charge is 0.350 e. The number of nitrogens with zero attached hydrogens (tertiary/aromatic N) is 3. The molecule has 8 nitrogen and oxygen atoms in total. The standard InChI is InChI=1S/C26H33FN4O4S/c1-19(2)35-23-9-4-6-20(16-23)18-30-13-10-26(11-14-30)24(28-12-15-36(3,33)34)29-25(32)31(26)22-8-5-7-21(27)17-22/h4-9,16-17,19H,10-15,18H2,1-3H3,(H,28,29,32). The molecule has 2 heterocycles. The number of hydrogen-bond acceptors (Lipinski definition) is 6. The minimum Gasteiger partial charge on any atom is -0.491 e.